The van der Waals surface area contributed by atoms with Crippen molar-refractivity contribution >= 4 is 39.4 Å². The Bertz CT molecular complexity index is 1250. The highest BCUT2D eigenvalue weighted by molar-refractivity contribution is 6.34. The van der Waals surface area contributed by atoms with Crippen LogP contribution >= 0.6 is 11.6 Å². The van der Waals surface area contributed by atoms with Crippen LogP contribution in [-0.2, 0) is 0 Å². The molecule has 0 amide bonds. The number of para-hydroxylation sites is 2. The first kappa shape index (κ1) is 18.3. The molecule has 144 valence electrons. The number of anilines is 3. The molecule has 1 heterocycles. The van der Waals surface area contributed by atoms with Crippen molar-refractivity contribution in [2.45, 2.75) is 0 Å². The third-order valence-corrected chi connectivity index (χ3v) is 5.35. The van der Waals surface area contributed by atoms with Gasteiger partial charge in [-0.1, -0.05) is 84.4 Å². The summed E-state index contributed by atoms with van der Waals surface area (Å²) >= 11 is 6.24. The highest BCUT2D eigenvalue weighted by Crippen LogP contribution is 2.36. The quantitative estimate of drug-likeness (QED) is 0.310. The van der Waals surface area contributed by atoms with Gasteiger partial charge in [0, 0.05) is 33.4 Å². The first-order valence-corrected chi connectivity index (χ1v) is 10.1. The Kier molecular flexibility index (Phi) is 4.88. The van der Waals surface area contributed by atoms with Crippen molar-refractivity contribution < 1.29 is 0 Å². The van der Waals surface area contributed by atoms with Crippen LogP contribution in [0, 0.1) is 0 Å². The maximum atomic E-state index is 6.24. The zero-order chi connectivity index (χ0) is 20.3. The van der Waals surface area contributed by atoms with E-state index < -0.39 is 0 Å². The second kappa shape index (κ2) is 7.97. The highest BCUT2D eigenvalue weighted by Gasteiger charge is 2.13. The molecule has 0 unspecified atom stereocenters. The Morgan fingerprint density at radius 1 is 0.500 bits per heavy atom. The predicted molar refractivity (Wildman–Crippen MR) is 125 cm³/mol. The van der Waals surface area contributed by atoms with E-state index in [1.54, 1.807) is 0 Å². The lowest BCUT2D eigenvalue weighted by atomic mass is 10.0. The van der Waals surface area contributed by atoms with Gasteiger partial charge in [-0.25, -0.2) is 0 Å². The molecule has 5 rings (SSSR count). The van der Waals surface area contributed by atoms with Gasteiger partial charge < -0.3 is 4.90 Å². The fourth-order valence-electron chi connectivity index (χ4n) is 3.65. The molecule has 0 aliphatic carbocycles. The Hall–Kier alpha value is -3.69. The molecule has 0 saturated carbocycles. The molecule has 0 aliphatic heterocycles. The van der Waals surface area contributed by atoms with Crippen molar-refractivity contribution in [3.8, 4) is 11.3 Å². The van der Waals surface area contributed by atoms with Crippen molar-refractivity contribution in [2.75, 3.05) is 4.90 Å². The summed E-state index contributed by atoms with van der Waals surface area (Å²) in [6.07, 6.45) is 0. The van der Waals surface area contributed by atoms with Gasteiger partial charge in [-0.3, -0.25) is 0 Å². The van der Waals surface area contributed by atoms with E-state index in [2.05, 4.69) is 87.9 Å². The van der Waals surface area contributed by atoms with E-state index in [4.69, 9.17) is 11.6 Å². The topological polar surface area (TPSA) is 29.0 Å². The third-order valence-electron chi connectivity index (χ3n) is 5.07. The third kappa shape index (κ3) is 3.40. The molecule has 0 aliphatic rings. The molecular weight excluding hydrogens is 390 g/mol. The maximum Gasteiger partial charge on any atom is 0.159 e. The lowest BCUT2D eigenvalue weighted by molar-refractivity contribution is 1.06. The fraction of sp³-hybridized carbons (Fsp3) is 0. The standard InChI is InChI=1S/C26H18ClN3/c27-26-24-14-8-7-13-23(24)25(28-29-26)19-15-17-22(18-16-19)30(20-9-3-1-4-10-20)21-11-5-2-6-12-21/h1-18H. The van der Waals surface area contributed by atoms with E-state index in [0.717, 1.165) is 39.1 Å². The average molecular weight is 408 g/mol. The zero-order valence-electron chi connectivity index (χ0n) is 16.1. The molecule has 4 heteroatoms. The molecule has 0 radical (unpaired) electrons. The van der Waals surface area contributed by atoms with E-state index in [0.29, 0.717) is 5.15 Å². The number of rotatable bonds is 4. The minimum atomic E-state index is 0.422. The summed E-state index contributed by atoms with van der Waals surface area (Å²) in [6, 6.07) is 37.0. The molecule has 5 aromatic rings. The van der Waals surface area contributed by atoms with E-state index >= 15 is 0 Å². The molecule has 0 saturated heterocycles. The van der Waals surface area contributed by atoms with Crippen molar-refractivity contribution in [3.05, 3.63) is 114 Å². The Morgan fingerprint density at radius 3 is 1.60 bits per heavy atom. The SMILES string of the molecule is Clc1nnc(-c2ccc(N(c3ccccc3)c3ccccc3)cc2)c2ccccc12. The summed E-state index contributed by atoms with van der Waals surface area (Å²) in [6.45, 7) is 0. The predicted octanol–water partition coefficient (Wildman–Crippen LogP) is 7.42. The van der Waals surface area contributed by atoms with Gasteiger partial charge in [-0.05, 0) is 36.4 Å². The van der Waals surface area contributed by atoms with Crippen LogP contribution in [0.15, 0.2) is 109 Å². The van der Waals surface area contributed by atoms with E-state index in [1.165, 1.54) is 0 Å². The Labute approximate surface area is 180 Å². The molecule has 0 N–H and O–H groups in total. The van der Waals surface area contributed by atoms with Gasteiger partial charge in [0.2, 0.25) is 0 Å². The normalized spacial score (nSPS) is 10.8. The van der Waals surface area contributed by atoms with Gasteiger partial charge in [0.25, 0.3) is 0 Å². The lowest BCUT2D eigenvalue weighted by Gasteiger charge is -2.25. The smallest absolute Gasteiger partial charge is 0.159 e. The van der Waals surface area contributed by atoms with Crippen molar-refractivity contribution in [1.82, 2.24) is 10.2 Å². The van der Waals surface area contributed by atoms with E-state index in [1.807, 2.05) is 36.4 Å². The number of nitrogens with zero attached hydrogens (tertiary/aromatic N) is 3. The van der Waals surface area contributed by atoms with E-state index in [9.17, 15) is 0 Å². The van der Waals surface area contributed by atoms with Crippen molar-refractivity contribution in [1.29, 1.82) is 0 Å². The summed E-state index contributed by atoms with van der Waals surface area (Å²) in [4.78, 5) is 2.23. The van der Waals surface area contributed by atoms with Crippen LogP contribution in [0.4, 0.5) is 17.1 Å². The molecule has 0 bridgehead atoms. The van der Waals surface area contributed by atoms with Crippen LogP contribution in [-0.4, -0.2) is 10.2 Å². The number of benzene rings is 4. The first-order chi connectivity index (χ1) is 14.8. The van der Waals surface area contributed by atoms with Gasteiger partial charge in [-0.15, -0.1) is 10.2 Å². The van der Waals surface area contributed by atoms with Crippen molar-refractivity contribution in [2.24, 2.45) is 0 Å². The van der Waals surface area contributed by atoms with Crippen LogP contribution in [0.2, 0.25) is 5.15 Å². The second-order valence-corrected chi connectivity index (χ2v) is 7.30. The lowest BCUT2D eigenvalue weighted by Crippen LogP contribution is -2.09. The Morgan fingerprint density at radius 2 is 1.00 bits per heavy atom. The van der Waals surface area contributed by atoms with Gasteiger partial charge in [-0.2, -0.15) is 0 Å². The first-order valence-electron chi connectivity index (χ1n) is 9.73. The number of hydrogen-bond acceptors (Lipinski definition) is 3. The van der Waals surface area contributed by atoms with Crippen molar-refractivity contribution in [3.63, 3.8) is 0 Å². The van der Waals surface area contributed by atoms with Gasteiger partial charge in [0.15, 0.2) is 5.15 Å². The second-order valence-electron chi connectivity index (χ2n) is 6.94. The summed E-state index contributed by atoms with van der Waals surface area (Å²) in [5, 5.41) is 10.8. The number of hydrogen-bond donors (Lipinski definition) is 0. The highest BCUT2D eigenvalue weighted by atomic mass is 35.5. The molecular formula is C26H18ClN3. The number of fused-ring (bicyclic) bond motifs is 1. The Balaban J connectivity index is 1.60. The van der Waals surface area contributed by atoms with Gasteiger partial charge in [0.05, 0.1) is 0 Å². The molecule has 0 fully saturated rings. The summed E-state index contributed by atoms with van der Waals surface area (Å²) in [7, 11) is 0. The maximum absolute atomic E-state index is 6.24. The summed E-state index contributed by atoms with van der Waals surface area (Å²) < 4.78 is 0. The fourth-order valence-corrected chi connectivity index (χ4v) is 3.86. The summed E-state index contributed by atoms with van der Waals surface area (Å²) in [5.74, 6) is 0. The van der Waals surface area contributed by atoms with Crippen LogP contribution in [0.1, 0.15) is 0 Å². The van der Waals surface area contributed by atoms with Crippen LogP contribution < -0.4 is 4.90 Å². The minimum absolute atomic E-state index is 0.422. The molecule has 0 atom stereocenters. The van der Waals surface area contributed by atoms with Gasteiger partial charge >= 0.3 is 0 Å². The molecule has 4 aromatic carbocycles. The number of halogens is 1. The number of aromatic nitrogens is 2. The molecule has 3 nitrogen and oxygen atoms in total. The van der Waals surface area contributed by atoms with E-state index in [-0.39, 0.29) is 0 Å². The monoisotopic (exact) mass is 407 g/mol. The molecule has 30 heavy (non-hydrogen) atoms. The van der Waals surface area contributed by atoms with Crippen LogP contribution in [0.3, 0.4) is 0 Å². The average Bonchev–Trinajstić information content (AvgIpc) is 2.82. The zero-order valence-corrected chi connectivity index (χ0v) is 16.9. The minimum Gasteiger partial charge on any atom is -0.311 e. The van der Waals surface area contributed by atoms with Crippen LogP contribution in [0.5, 0.6) is 0 Å². The van der Waals surface area contributed by atoms with Crippen LogP contribution in [0.25, 0.3) is 22.0 Å². The molecule has 0 spiro atoms. The largest absolute Gasteiger partial charge is 0.311 e. The van der Waals surface area contributed by atoms with Gasteiger partial charge in [0.1, 0.15) is 5.69 Å². The summed E-state index contributed by atoms with van der Waals surface area (Å²) in [5.41, 5.74) is 5.11. The molecule has 1 aromatic heterocycles.